The predicted molar refractivity (Wildman–Crippen MR) is 57.7 cm³/mol. The van der Waals surface area contributed by atoms with Crippen LogP contribution in [0.15, 0.2) is 24.3 Å². The molecule has 3 nitrogen and oxygen atoms in total. The first-order valence-electron chi connectivity index (χ1n) is 5.11. The molecule has 1 aliphatic rings. The minimum Gasteiger partial charge on any atom is -0.374 e. The number of carbonyl (C=O) groups is 1. The van der Waals surface area contributed by atoms with Gasteiger partial charge in [-0.1, -0.05) is 18.2 Å². The number of methoxy groups -OCH3 is 1. The maximum Gasteiger partial charge on any atom is 0.176 e. The molecular formula is C12H15NO2. The fourth-order valence-electron chi connectivity index (χ4n) is 1.82. The maximum atomic E-state index is 11.4. The first-order valence-corrected chi connectivity index (χ1v) is 5.11. The maximum absolute atomic E-state index is 11.4. The molecule has 0 unspecified atom stereocenters. The molecule has 0 spiro atoms. The van der Waals surface area contributed by atoms with E-state index in [1.807, 2.05) is 18.2 Å². The highest BCUT2D eigenvalue weighted by molar-refractivity contribution is 5.97. The van der Waals surface area contributed by atoms with E-state index in [1.54, 1.807) is 13.2 Å². The summed E-state index contributed by atoms with van der Waals surface area (Å²) in [6.07, 6.45) is 2.06. The number of hydrogen-bond acceptors (Lipinski definition) is 3. The van der Waals surface area contributed by atoms with E-state index in [0.717, 1.165) is 18.4 Å². The summed E-state index contributed by atoms with van der Waals surface area (Å²) >= 11 is 0. The van der Waals surface area contributed by atoms with Crippen LogP contribution in [0.3, 0.4) is 0 Å². The second kappa shape index (κ2) is 3.76. The smallest absolute Gasteiger partial charge is 0.176 e. The Hall–Kier alpha value is -1.19. The Balaban J connectivity index is 2.31. The molecule has 1 saturated carbocycles. The van der Waals surface area contributed by atoms with Gasteiger partial charge in [-0.05, 0) is 24.5 Å². The SMILES string of the molecule is COC1(c2cccc(C(=O)CN)c2)CC1. The van der Waals surface area contributed by atoms with Crippen LogP contribution < -0.4 is 5.73 Å². The summed E-state index contributed by atoms with van der Waals surface area (Å²) in [5, 5.41) is 0. The molecule has 0 heterocycles. The summed E-state index contributed by atoms with van der Waals surface area (Å²) < 4.78 is 5.46. The van der Waals surface area contributed by atoms with E-state index in [4.69, 9.17) is 10.5 Å². The lowest BCUT2D eigenvalue weighted by Gasteiger charge is -2.14. The molecule has 0 aliphatic heterocycles. The molecule has 0 amide bonds. The number of carbonyl (C=O) groups excluding carboxylic acids is 1. The van der Waals surface area contributed by atoms with Crippen molar-refractivity contribution in [2.75, 3.05) is 13.7 Å². The van der Waals surface area contributed by atoms with Gasteiger partial charge in [-0.25, -0.2) is 0 Å². The Morgan fingerprint density at radius 3 is 2.80 bits per heavy atom. The van der Waals surface area contributed by atoms with Crippen LogP contribution in [0.5, 0.6) is 0 Å². The fraction of sp³-hybridized carbons (Fsp3) is 0.417. The Labute approximate surface area is 89.2 Å². The summed E-state index contributed by atoms with van der Waals surface area (Å²) in [6.45, 7) is 0.0590. The quantitative estimate of drug-likeness (QED) is 0.757. The highest BCUT2D eigenvalue weighted by Crippen LogP contribution is 2.48. The van der Waals surface area contributed by atoms with Crippen molar-refractivity contribution in [1.82, 2.24) is 0 Å². The second-order valence-electron chi connectivity index (χ2n) is 3.91. The molecule has 0 saturated heterocycles. The molecule has 0 aromatic heterocycles. The first kappa shape index (κ1) is 10.3. The lowest BCUT2D eigenvalue weighted by Crippen LogP contribution is -2.15. The summed E-state index contributed by atoms with van der Waals surface area (Å²) in [4.78, 5) is 11.4. The van der Waals surface area contributed by atoms with Crippen molar-refractivity contribution in [1.29, 1.82) is 0 Å². The number of rotatable bonds is 4. The zero-order valence-corrected chi connectivity index (χ0v) is 8.82. The molecule has 1 fully saturated rings. The molecule has 1 aliphatic carbocycles. The molecule has 3 heteroatoms. The summed E-state index contributed by atoms with van der Waals surface area (Å²) in [5.74, 6) is -0.0243. The zero-order chi connectivity index (χ0) is 10.9. The van der Waals surface area contributed by atoms with Crippen LogP contribution in [0, 0.1) is 0 Å². The standard InChI is InChI=1S/C12H15NO2/c1-15-12(5-6-12)10-4-2-3-9(7-10)11(14)8-13/h2-4,7H,5-6,8,13H2,1H3. The Kier molecular flexibility index (Phi) is 2.59. The van der Waals surface area contributed by atoms with E-state index in [9.17, 15) is 4.79 Å². The van der Waals surface area contributed by atoms with Crippen molar-refractivity contribution < 1.29 is 9.53 Å². The van der Waals surface area contributed by atoms with Crippen LogP contribution >= 0.6 is 0 Å². The summed E-state index contributed by atoms with van der Waals surface area (Å²) in [7, 11) is 1.71. The molecule has 2 rings (SSSR count). The number of nitrogens with two attached hydrogens (primary N) is 1. The highest BCUT2D eigenvalue weighted by Gasteiger charge is 2.44. The van der Waals surface area contributed by atoms with Gasteiger partial charge >= 0.3 is 0 Å². The summed E-state index contributed by atoms with van der Waals surface area (Å²) in [5.41, 5.74) is 6.96. The van der Waals surface area contributed by atoms with Crippen molar-refractivity contribution in [3.63, 3.8) is 0 Å². The van der Waals surface area contributed by atoms with E-state index in [0.29, 0.717) is 5.56 Å². The average molecular weight is 205 g/mol. The van der Waals surface area contributed by atoms with E-state index in [1.165, 1.54) is 0 Å². The molecule has 0 atom stereocenters. The average Bonchev–Trinajstić information content (AvgIpc) is 3.09. The number of hydrogen-bond donors (Lipinski definition) is 1. The Morgan fingerprint density at radius 2 is 2.27 bits per heavy atom. The Bertz CT molecular complexity index is 383. The second-order valence-corrected chi connectivity index (χ2v) is 3.91. The third-order valence-corrected chi connectivity index (χ3v) is 2.99. The van der Waals surface area contributed by atoms with Gasteiger partial charge in [0.05, 0.1) is 12.1 Å². The van der Waals surface area contributed by atoms with Crippen molar-refractivity contribution >= 4 is 5.78 Å². The third-order valence-electron chi connectivity index (χ3n) is 2.99. The minimum atomic E-state index is -0.134. The fourth-order valence-corrected chi connectivity index (χ4v) is 1.82. The van der Waals surface area contributed by atoms with E-state index >= 15 is 0 Å². The van der Waals surface area contributed by atoms with Gasteiger partial charge in [0.2, 0.25) is 0 Å². The van der Waals surface area contributed by atoms with Gasteiger partial charge in [0.1, 0.15) is 0 Å². The van der Waals surface area contributed by atoms with Crippen LogP contribution in [-0.2, 0) is 10.3 Å². The van der Waals surface area contributed by atoms with Gasteiger partial charge in [-0.3, -0.25) is 4.79 Å². The van der Waals surface area contributed by atoms with E-state index < -0.39 is 0 Å². The minimum absolute atomic E-state index is 0.0243. The molecule has 0 radical (unpaired) electrons. The number of ether oxygens (including phenoxy) is 1. The zero-order valence-electron chi connectivity index (χ0n) is 8.82. The highest BCUT2D eigenvalue weighted by atomic mass is 16.5. The largest absolute Gasteiger partial charge is 0.374 e. The van der Waals surface area contributed by atoms with Crippen molar-refractivity contribution in [2.45, 2.75) is 18.4 Å². The van der Waals surface area contributed by atoms with Crippen LogP contribution in [-0.4, -0.2) is 19.4 Å². The topological polar surface area (TPSA) is 52.3 Å². The first-order chi connectivity index (χ1) is 7.22. The van der Waals surface area contributed by atoms with Crippen LogP contribution in [0.2, 0.25) is 0 Å². The van der Waals surface area contributed by atoms with Gasteiger partial charge in [0.15, 0.2) is 5.78 Å². The molecule has 2 N–H and O–H groups in total. The summed E-state index contributed by atoms with van der Waals surface area (Å²) in [6, 6.07) is 7.58. The van der Waals surface area contributed by atoms with Crippen molar-refractivity contribution in [2.24, 2.45) is 5.73 Å². The molecule has 15 heavy (non-hydrogen) atoms. The predicted octanol–water partition coefficient (Wildman–Crippen LogP) is 1.46. The lowest BCUT2D eigenvalue weighted by atomic mass is 10.0. The third kappa shape index (κ3) is 1.80. The molecule has 0 bridgehead atoms. The van der Waals surface area contributed by atoms with Gasteiger partial charge in [0, 0.05) is 12.7 Å². The monoisotopic (exact) mass is 205 g/mol. The van der Waals surface area contributed by atoms with Gasteiger partial charge in [-0.2, -0.15) is 0 Å². The van der Waals surface area contributed by atoms with Crippen LogP contribution in [0.25, 0.3) is 0 Å². The van der Waals surface area contributed by atoms with Gasteiger partial charge in [0.25, 0.3) is 0 Å². The number of benzene rings is 1. The van der Waals surface area contributed by atoms with Gasteiger partial charge in [-0.15, -0.1) is 0 Å². The van der Waals surface area contributed by atoms with Crippen LogP contribution in [0.4, 0.5) is 0 Å². The number of ketones is 1. The van der Waals surface area contributed by atoms with Crippen molar-refractivity contribution in [3.05, 3.63) is 35.4 Å². The van der Waals surface area contributed by atoms with Crippen LogP contribution in [0.1, 0.15) is 28.8 Å². The Morgan fingerprint density at radius 1 is 1.53 bits per heavy atom. The van der Waals surface area contributed by atoms with Gasteiger partial charge < -0.3 is 10.5 Å². The molecule has 1 aromatic carbocycles. The lowest BCUT2D eigenvalue weighted by molar-refractivity contribution is 0.0788. The van der Waals surface area contributed by atoms with E-state index in [2.05, 4.69) is 0 Å². The number of Topliss-reactive ketones (excluding diaryl/α,β-unsaturated/α-hetero) is 1. The molecule has 80 valence electrons. The molecular weight excluding hydrogens is 190 g/mol. The normalized spacial score (nSPS) is 17.5. The molecule has 1 aromatic rings. The van der Waals surface area contributed by atoms with Crippen molar-refractivity contribution in [3.8, 4) is 0 Å². The van der Waals surface area contributed by atoms with E-state index in [-0.39, 0.29) is 17.9 Å².